The van der Waals surface area contributed by atoms with Gasteiger partial charge in [0.2, 0.25) is 0 Å². The van der Waals surface area contributed by atoms with Gasteiger partial charge in [0.1, 0.15) is 0 Å². The van der Waals surface area contributed by atoms with E-state index in [4.69, 9.17) is 10.5 Å². The summed E-state index contributed by atoms with van der Waals surface area (Å²) in [5.41, 5.74) is 6.32. The first-order valence-electron chi connectivity index (χ1n) is 6.50. The Bertz CT molecular complexity index is 198. The monoisotopic (exact) mass is 227 g/mol. The molecule has 1 unspecified atom stereocenters. The molecule has 0 aromatic heterocycles. The van der Waals surface area contributed by atoms with Crippen LogP contribution in [-0.4, -0.2) is 68.8 Å². The van der Waals surface area contributed by atoms with E-state index in [1.54, 1.807) is 0 Å². The van der Waals surface area contributed by atoms with Crippen LogP contribution in [0.3, 0.4) is 0 Å². The molecular weight excluding hydrogens is 202 g/mol. The van der Waals surface area contributed by atoms with Gasteiger partial charge in [0, 0.05) is 25.7 Å². The van der Waals surface area contributed by atoms with Crippen LogP contribution in [0.1, 0.15) is 12.8 Å². The first kappa shape index (κ1) is 12.3. The van der Waals surface area contributed by atoms with Gasteiger partial charge < -0.3 is 15.4 Å². The van der Waals surface area contributed by atoms with E-state index >= 15 is 0 Å². The third-order valence-corrected chi connectivity index (χ3v) is 3.94. The van der Waals surface area contributed by atoms with Gasteiger partial charge in [-0.15, -0.1) is 0 Å². The third kappa shape index (κ3) is 3.42. The summed E-state index contributed by atoms with van der Waals surface area (Å²) in [6.07, 6.45) is 2.53. The number of nitrogens with two attached hydrogens (primary N) is 1. The van der Waals surface area contributed by atoms with Crippen LogP contribution in [0.15, 0.2) is 0 Å². The fraction of sp³-hybridized carbons (Fsp3) is 1.00. The molecule has 0 radical (unpaired) electrons. The van der Waals surface area contributed by atoms with Gasteiger partial charge >= 0.3 is 0 Å². The largest absolute Gasteiger partial charge is 0.379 e. The molecule has 2 saturated heterocycles. The molecule has 0 amide bonds. The molecular formula is C12H25N3O. The maximum atomic E-state index is 6.32. The van der Waals surface area contributed by atoms with Gasteiger partial charge in [-0.05, 0) is 38.9 Å². The summed E-state index contributed by atoms with van der Waals surface area (Å²) in [6.45, 7) is 7.33. The molecule has 0 aromatic carbocycles. The van der Waals surface area contributed by atoms with Gasteiger partial charge in [-0.2, -0.15) is 0 Å². The molecule has 2 heterocycles. The minimum absolute atomic E-state index is 0.354. The zero-order valence-corrected chi connectivity index (χ0v) is 10.4. The van der Waals surface area contributed by atoms with Crippen LogP contribution in [0.5, 0.6) is 0 Å². The van der Waals surface area contributed by atoms with Crippen molar-refractivity contribution >= 4 is 0 Å². The summed E-state index contributed by atoms with van der Waals surface area (Å²) in [5.74, 6) is 0.721. The molecule has 4 heteroatoms. The van der Waals surface area contributed by atoms with E-state index in [-0.39, 0.29) is 0 Å². The second-order valence-corrected chi connectivity index (χ2v) is 5.22. The number of likely N-dealkylation sites (tertiary alicyclic amines) is 1. The SMILES string of the molecule is CN1CCC(C(N)CN2CCOCC2)CC1. The van der Waals surface area contributed by atoms with Crippen molar-refractivity contribution in [3.05, 3.63) is 0 Å². The summed E-state index contributed by atoms with van der Waals surface area (Å²) < 4.78 is 5.35. The lowest BCUT2D eigenvalue weighted by Gasteiger charge is -2.36. The Labute approximate surface area is 98.7 Å². The van der Waals surface area contributed by atoms with Crippen molar-refractivity contribution in [1.29, 1.82) is 0 Å². The molecule has 2 N–H and O–H groups in total. The summed E-state index contributed by atoms with van der Waals surface area (Å²) >= 11 is 0. The number of ether oxygens (including phenoxy) is 1. The van der Waals surface area contributed by atoms with Crippen molar-refractivity contribution in [2.75, 3.05) is 53.0 Å². The van der Waals surface area contributed by atoms with Gasteiger partial charge in [-0.1, -0.05) is 0 Å². The average Bonchev–Trinajstić information content (AvgIpc) is 2.31. The molecule has 2 rings (SSSR count). The van der Waals surface area contributed by atoms with Crippen molar-refractivity contribution in [2.24, 2.45) is 11.7 Å². The molecule has 4 nitrogen and oxygen atoms in total. The molecule has 2 aliphatic rings. The summed E-state index contributed by atoms with van der Waals surface area (Å²) in [4.78, 5) is 4.85. The zero-order valence-electron chi connectivity index (χ0n) is 10.4. The van der Waals surface area contributed by atoms with Gasteiger partial charge in [0.25, 0.3) is 0 Å². The number of nitrogens with zero attached hydrogens (tertiary/aromatic N) is 2. The Morgan fingerprint density at radius 1 is 1.19 bits per heavy atom. The number of morpholine rings is 1. The predicted molar refractivity (Wildman–Crippen MR) is 65.5 cm³/mol. The number of rotatable bonds is 3. The Morgan fingerprint density at radius 2 is 1.81 bits per heavy atom. The lowest BCUT2D eigenvalue weighted by Crippen LogP contribution is -2.48. The van der Waals surface area contributed by atoms with Crippen LogP contribution in [0.4, 0.5) is 0 Å². The van der Waals surface area contributed by atoms with Gasteiger partial charge in [0.15, 0.2) is 0 Å². The fourth-order valence-corrected chi connectivity index (χ4v) is 2.69. The van der Waals surface area contributed by atoms with Crippen LogP contribution in [0.25, 0.3) is 0 Å². The topological polar surface area (TPSA) is 41.7 Å². The molecule has 2 aliphatic heterocycles. The molecule has 94 valence electrons. The highest BCUT2D eigenvalue weighted by molar-refractivity contribution is 4.81. The van der Waals surface area contributed by atoms with Crippen molar-refractivity contribution in [3.63, 3.8) is 0 Å². The highest BCUT2D eigenvalue weighted by Crippen LogP contribution is 2.19. The van der Waals surface area contributed by atoms with E-state index < -0.39 is 0 Å². The van der Waals surface area contributed by atoms with E-state index in [1.165, 1.54) is 25.9 Å². The smallest absolute Gasteiger partial charge is 0.0594 e. The molecule has 0 spiro atoms. The molecule has 1 atom stereocenters. The van der Waals surface area contributed by atoms with Crippen LogP contribution in [-0.2, 0) is 4.74 Å². The Kier molecular flexibility index (Phi) is 4.58. The lowest BCUT2D eigenvalue weighted by atomic mass is 9.90. The van der Waals surface area contributed by atoms with Crippen molar-refractivity contribution in [1.82, 2.24) is 9.80 Å². The second-order valence-electron chi connectivity index (χ2n) is 5.22. The highest BCUT2D eigenvalue weighted by atomic mass is 16.5. The fourth-order valence-electron chi connectivity index (χ4n) is 2.69. The van der Waals surface area contributed by atoms with E-state index in [9.17, 15) is 0 Å². The normalized spacial score (nSPS) is 28.1. The average molecular weight is 227 g/mol. The summed E-state index contributed by atoms with van der Waals surface area (Å²) in [5, 5.41) is 0. The second kappa shape index (κ2) is 5.96. The molecule has 0 bridgehead atoms. The van der Waals surface area contributed by atoms with Gasteiger partial charge in [-0.3, -0.25) is 4.90 Å². The van der Waals surface area contributed by atoms with Crippen LogP contribution >= 0.6 is 0 Å². The Morgan fingerprint density at radius 3 is 2.44 bits per heavy atom. The maximum absolute atomic E-state index is 6.32. The highest BCUT2D eigenvalue weighted by Gasteiger charge is 2.24. The lowest BCUT2D eigenvalue weighted by molar-refractivity contribution is 0.0304. The summed E-state index contributed by atoms with van der Waals surface area (Å²) in [6, 6.07) is 0.354. The van der Waals surface area contributed by atoms with Crippen molar-refractivity contribution in [2.45, 2.75) is 18.9 Å². The van der Waals surface area contributed by atoms with Crippen LogP contribution in [0.2, 0.25) is 0 Å². The quantitative estimate of drug-likeness (QED) is 0.736. The molecule has 0 saturated carbocycles. The first-order chi connectivity index (χ1) is 7.75. The van der Waals surface area contributed by atoms with Crippen molar-refractivity contribution < 1.29 is 4.74 Å². The summed E-state index contributed by atoms with van der Waals surface area (Å²) in [7, 11) is 2.20. The van der Waals surface area contributed by atoms with E-state index in [1.807, 2.05) is 0 Å². The standard InChI is InChI=1S/C12H25N3O/c1-14-4-2-11(3-5-14)12(13)10-15-6-8-16-9-7-15/h11-12H,2-10,13H2,1H3. The van der Waals surface area contributed by atoms with Gasteiger partial charge in [-0.25, -0.2) is 0 Å². The molecule has 2 fully saturated rings. The Hall–Kier alpha value is -0.160. The first-order valence-corrected chi connectivity index (χ1v) is 6.50. The molecule has 16 heavy (non-hydrogen) atoms. The van der Waals surface area contributed by atoms with Crippen LogP contribution in [0, 0.1) is 5.92 Å². The number of hydrogen-bond donors (Lipinski definition) is 1. The van der Waals surface area contributed by atoms with Crippen LogP contribution < -0.4 is 5.73 Å². The molecule has 0 aromatic rings. The van der Waals surface area contributed by atoms with E-state index in [0.29, 0.717) is 6.04 Å². The van der Waals surface area contributed by atoms with Gasteiger partial charge in [0.05, 0.1) is 13.2 Å². The number of hydrogen-bond acceptors (Lipinski definition) is 4. The maximum Gasteiger partial charge on any atom is 0.0594 e. The zero-order chi connectivity index (χ0) is 11.4. The predicted octanol–water partition coefficient (Wildman–Crippen LogP) is -0.0123. The minimum atomic E-state index is 0.354. The number of piperidine rings is 1. The third-order valence-electron chi connectivity index (χ3n) is 3.94. The van der Waals surface area contributed by atoms with E-state index in [0.717, 1.165) is 38.8 Å². The minimum Gasteiger partial charge on any atom is -0.379 e. The van der Waals surface area contributed by atoms with E-state index in [2.05, 4.69) is 16.8 Å². The van der Waals surface area contributed by atoms with Crippen molar-refractivity contribution in [3.8, 4) is 0 Å². The molecule has 0 aliphatic carbocycles. The Balaban J connectivity index is 1.72.